The predicted octanol–water partition coefficient (Wildman–Crippen LogP) is 3.68. The van der Waals surface area contributed by atoms with Gasteiger partial charge in [0.25, 0.3) is 0 Å². The summed E-state index contributed by atoms with van der Waals surface area (Å²) in [6.07, 6.45) is 0. The number of nitrogens with two attached hydrogens (primary N) is 2. The van der Waals surface area contributed by atoms with Gasteiger partial charge in [0, 0.05) is 10.0 Å². The smallest absolute Gasteiger partial charge is 0.222 e. The van der Waals surface area contributed by atoms with E-state index in [1.54, 1.807) is 30.3 Å². The number of nitrogens with zero attached hydrogens (tertiary/aromatic N) is 2. The Balaban J connectivity index is 1.94. The first-order valence-electron chi connectivity index (χ1n) is 6.42. The van der Waals surface area contributed by atoms with E-state index < -0.39 is 0 Å². The Hall–Kier alpha value is -2.24. The lowest BCUT2D eigenvalue weighted by molar-refractivity contribution is 0.310. The van der Waals surface area contributed by atoms with Crippen LogP contribution in [0.15, 0.2) is 36.4 Å². The van der Waals surface area contributed by atoms with Crippen LogP contribution in [0.25, 0.3) is 10.9 Å². The molecule has 3 aromatic rings. The summed E-state index contributed by atoms with van der Waals surface area (Å²) in [4.78, 5) is 8.11. The Labute approximate surface area is 136 Å². The molecule has 0 atom stereocenters. The quantitative estimate of drug-likeness (QED) is 0.762. The second-order valence-corrected chi connectivity index (χ2v) is 5.56. The van der Waals surface area contributed by atoms with Gasteiger partial charge in [-0.05, 0) is 35.9 Å². The second kappa shape index (κ2) is 5.87. The molecule has 1 aromatic heterocycles. The molecule has 0 saturated carbocycles. The molecule has 7 heteroatoms. The molecule has 3 rings (SSSR count). The highest BCUT2D eigenvalue weighted by Gasteiger charge is 2.10. The number of ether oxygens (including phenoxy) is 1. The first-order valence-corrected chi connectivity index (χ1v) is 7.18. The number of halogens is 2. The van der Waals surface area contributed by atoms with Crippen molar-refractivity contribution in [2.75, 3.05) is 11.5 Å². The number of benzene rings is 2. The van der Waals surface area contributed by atoms with Gasteiger partial charge in [0.1, 0.15) is 18.2 Å². The van der Waals surface area contributed by atoms with Crippen molar-refractivity contribution < 1.29 is 4.74 Å². The van der Waals surface area contributed by atoms with Gasteiger partial charge in [0.15, 0.2) is 0 Å². The summed E-state index contributed by atoms with van der Waals surface area (Å²) in [5.74, 6) is 0.983. The molecule has 0 fully saturated rings. The SMILES string of the molecule is Nc1nc(N)c2c(OCc3cc(Cl)cc(Cl)c3)cccc2n1. The van der Waals surface area contributed by atoms with Gasteiger partial charge in [-0.1, -0.05) is 29.3 Å². The maximum Gasteiger partial charge on any atom is 0.222 e. The molecule has 0 amide bonds. The van der Waals surface area contributed by atoms with Crippen molar-refractivity contribution in [1.29, 1.82) is 0 Å². The Morgan fingerprint density at radius 3 is 2.45 bits per heavy atom. The maximum absolute atomic E-state index is 5.98. The Bertz CT molecular complexity index is 834. The number of fused-ring (bicyclic) bond motifs is 1. The van der Waals surface area contributed by atoms with Crippen molar-refractivity contribution >= 4 is 45.9 Å². The minimum absolute atomic E-state index is 0.128. The molecule has 0 aliphatic rings. The van der Waals surface area contributed by atoms with E-state index in [9.17, 15) is 0 Å². The summed E-state index contributed by atoms with van der Waals surface area (Å²) in [7, 11) is 0. The van der Waals surface area contributed by atoms with Crippen LogP contribution in [0.5, 0.6) is 5.75 Å². The zero-order valence-electron chi connectivity index (χ0n) is 11.4. The fourth-order valence-corrected chi connectivity index (χ4v) is 2.74. The fourth-order valence-electron chi connectivity index (χ4n) is 2.17. The molecule has 0 bridgehead atoms. The molecule has 1 heterocycles. The summed E-state index contributed by atoms with van der Waals surface area (Å²) in [5, 5.41) is 1.74. The highest BCUT2D eigenvalue weighted by molar-refractivity contribution is 6.34. The largest absolute Gasteiger partial charge is 0.488 e. The average Bonchev–Trinajstić information content (AvgIpc) is 2.43. The lowest BCUT2D eigenvalue weighted by Crippen LogP contribution is -2.03. The van der Waals surface area contributed by atoms with Crippen LogP contribution in [0.4, 0.5) is 11.8 Å². The average molecular weight is 335 g/mol. The molecule has 0 saturated heterocycles. The van der Waals surface area contributed by atoms with Crippen LogP contribution >= 0.6 is 23.2 Å². The van der Waals surface area contributed by atoms with Gasteiger partial charge in [-0.2, -0.15) is 4.98 Å². The predicted molar refractivity (Wildman–Crippen MR) is 89.2 cm³/mol. The summed E-state index contributed by atoms with van der Waals surface area (Å²) < 4.78 is 5.82. The van der Waals surface area contributed by atoms with E-state index in [1.165, 1.54) is 0 Å². The molecular weight excluding hydrogens is 323 g/mol. The number of hydrogen-bond donors (Lipinski definition) is 2. The summed E-state index contributed by atoms with van der Waals surface area (Å²) >= 11 is 12.0. The van der Waals surface area contributed by atoms with Gasteiger partial charge in [-0.3, -0.25) is 0 Å². The number of anilines is 2. The van der Waals surface area contributed by atoms with Crippen molar-refractivity contribution in [1.82, 2.24) is 9.97 Å². The van der Waals surface area contributed by atoms with Crippen LogP contribution in [0, 0.1) is 0 Å². The zero-order chi connectivity index (χ0) is 15.7. The number of rotatable bonds is 3. The van der Waals surface area contributed by atoms with Crippen molar-refractivity contribution in [2.24, 2.45) is 0 Å². The molecule has 22 heavy (non-hydrogen) atoms. The summed E-state index contributed by atoms with van der Waals surface area (Å²) in [5.41, 5.74) is 13.0. The van der Waals surface area contributed by atoms with Gasteiger partial charge in [-0.15, -0.1) is 0 Å². The Kier molecular flexibility index (Phi) is 3.92. The van der Waals surface area contributed by atoms with Crippen molar-refractivity contribution in [3.63, 3.8) is 0 Å². The molecule has 112 valence electrons. The van der Waals surface area contributed by atoms with E-state index in [1.807, 2.05) is 6.07 Å². The van der Waals surface area contributed by atoms with Crippen LogP contribution in [-0.2, 0) is 6.61 Å². The third-order valence-corrected chi connectivity index (χ3v) is 3.48. The highest BCUT2D eigenvalue weighted by Crippen LogP contribution is 2.30. The lowest BCUT2D eigenvalue weighted by Gasteiger charge is -2.11. The number of aromatic nitrogens is 2. The van der Waals surface area contributed by atoms with Crippen molar-refractivity contribution in [3.8, 4) is 5.75 Å². The number of nitrogen functional groups attached to an aromatic ring is 2. The second-order valence-electron chi connectivity index (χ2n) is 4.68. The van der Waals surface area contributed by atoms with E-state index in [2.05, 4.69) is 9.97 Å². The van der Waals surface area contributed by atoms with Crippen molar-refractivity contribution in [2.45, 2.75) is 6.61 Å². The molecule has 0 radical (unpaired) electrons. The molecule has 2 aromatic carbocycles. The van der Waals surface area contributed by atoms with E-state index in [0.717, 1.165) is 5.56 Å². The van der Waals surface area contributed by atoms with E-state index >= 15 is 0 Å². The molecule has 5 nitrogen and oxygen atoms in total. The van der Waals surface area contributed by atoms with Gasteiger partial charge < -0.3 is 16.2 Å². The van der Waals surface area contributed by atoms with E-state index in [4.69, 9.17) is 39.4 Å². The van der Waals surface area contributed by atoms with Crippen LogP contribution in [0.3, 0.4) is 0 Å². The minimum Gasteiger partial charge on any atom is -0.488 e. The zero-order valence-corrected chi connectivity index (χ0v) is 12.9. The lowest BCUT2D eigenvalue weighted by atomic mass is 10.2. The van der Waals surface area contributed by atoms with Crippen LogP contribution in [0.2, 0.25) is 10.0 Å². The van der Waals surface area contributed by atoms with E-state index in [0.29, 0.717) is 33.3 Å². The third-order valence-electron chi connectivity index (χ3n) is 3.05. The topological polar surface area (TPSA) is 87.0 Å². The van der Waals surface area contributed by atoms with E-state index in [-0.39, 0.29) is 11.8 Å². The van der Waals surface area contributed by atoms with Gasteiger partial charge in [0.05, 0.1) is 10.9 Å². The third kappa shape index (κ3) is 3.00. The van der Waals surface area contributed by atoms with Crippen molar-refractivity contribution in [3.05, 3.63) is 52.0 Å². The standard InChI is InChI=1S/C15H12Cl2N4O/c16-9-4-8(5-10(17)6-9)7-22-12-3-1-2-11-13(12)14(18)21-15(19)20-11/h1-6H,7H2,(H4,18,19,20,21). The van der Waals surface area contributed by atoms with Crippen LogP contribution < -0.4 is 16.2 Å². The molecule has 4 N–H and O–H groups in total. The number of hydrogen-bond acceptors (Lipinski definition) is 5. The monoisotopic (exact) mass is 334 g/mol. The Morgan fingerprint density at radius 1 is 1.00 bits per heavy atom. The summed E-state index contributed by atoms with van der Waals surface area (Å²) in [6.45, 7) is 0.295. The normalized spacial score (nSPS) is 10.8. The first kappa shape index (κ1) is 14.7. The first-order chi connectivity index (χ1) is 10.5. The minimum atomic E-state index is 0.128. The molecular formula is C15H12Cl2N4O. The highest BCUT2D eigenvalue weighted by atomic mass is 35.5. The molecule has 0 spiro atoms. The molecule has 0 unspecified atom stereocenters. The summed E-state index contributed by atoms with van der Waals surface area (Å²) in [6, 6.07) is 10.7. The van der Waals surface area contributed by atoms with Crippen LogP contribution in [0.1, 0.15) is 5.56 Å². The maximum atomic E-state index is 5.98. The van der Waals surface area contributed by atoms with Crippen LogP contribution in [-0.4, -0.2) is 9.97 Å². The molecule has 0 aliphatic heterocycles. The van der Waals surface area contributed by atoms with Gasteiger partial charge in [0.2, 0.25) is 5.95 Å². The fraction of sp³-hybridized carbons (Fsp3) is 0.0667. The van der Waals surface area contributed by atoms with Gasteiger partial charge in [-0.25, -0.2) is 4.98 Å². The molecule has 0 aliphatic carbocycles. The Morgan fingerprint density at radius 2 is 1.73 bits per heavy atom. The van der Waals surface area contributed by atoms with Gasteiger partial charge >= 0.3 is 0 Å².